The molecule has 2 heterocycles. The monoisotopic (exact) mass is 768 g/mol. The van der Waals surface area contributed by atoms with Crippen LogP contribution in [-0.4, -0.2) is 88.7 Å². The highest BCUT2D eigenvalue weighted by Crippen LogP contribution is 2.49. The Morgan fingerprint density at radius 2 is 1.92 bits per heavy atom. The summed E-state index contributed by atoms with van der Waals surface area (Å²) in [4.78, 5) is 18.3. The van der Waals surface area contributed by atoms with Gasteiger partial charge in [0.05, 0.1) is 11.7 Å². The molecule has 8 N–H and O–H groups in total. The average molecular weight is 769 g/mol. The van der Waals surface area contributed by atoms with Crippen LogP contribution in [0.4, 0.5) is 0 Å². The van der Waals surface area contributed by atoms with Crippen molar-refractivity contribution in [3.05, 3.63) is 46.0 Å². The van der Waals surface area contributed by atoms with E-state index in [-0.39, 0.29) is 72.3 Å². The summed E-state index contributed by atoms with van der Waals surface area (Å²) in [5.41, 5.74) is 10.1. The van der Waals surface area contributed by atoms with Crippen LogP contribution in [0.1, 0.15) is 67.3 Å². The van der Waals surface area contributed by atoms with Crippen LogP contribution in [0.3, 0.4) is 0 Å². The number of nitrogens with two attached hydrogens (primary N) is 1. The number of phenols is 1. The van der Waals surface area contributed by atoms with Crippen LogP contribution in [0.15, 0.2) is 23.2 Å². The van der Waals surface area contributed by atoms with Crippen LogP contribution in [0.5, 0.6) is 23.0 Å². The first kappa shape index (κ1) is 39.4. The number of aliphatic imine (C=N–C) groups is 1. The fraction of sp³-hybridized carbons (Fsp3) is 0.590. The maximum atomic E-state index is 13.5. The highest BCUT2D eigenvalue weighted by Gasteiger charge is 2.43. The number of aromatic hydroxyl groups is 1. The number of aryl methyl sites for hydroxylation is 1. The number of Topliss-reactive ketones (excluding diaryl/α,β-unsaturated/α-hetero) is 1. The number of ether oxygens (including phenoxy) is 3. The molecule has 0 aromatic heterocycles. The molecule has 0 radical (unpaired) electrons. The van der Waals surface area contributed by atoms with E-state index in [0.29, 0.717) is 66.7 Å². The minimum absolute atomic E-state index is 0.00143. The third-order valence-corrected chi connectivity index (χ3v) is 13.9. The quantitative estimate of drug-likeness (QED) is 0.129. The number of hydrogen-bond donors (Lipinski definition) is 7. The number of hydrogen-bond acceptors (Lipinski definition) is 14. The second kappa shape index (κ2) is 17.9. The van der Waals surface area contributed by atoms with E-state index in [2.05, 4.69) is 42.4 Å². The smallest absolute Gasteiger partial charge is 0.201 e. The van der Waals surface area contributed by atoms with Crippen molar-refractivity contribution in [3.8, 4) is 34.8 Å². The number of phenolic OH excluding ortho intramolecular Hbond substituents is 1. The van der Waals surface area contributed by atoms with Gasteiger partial charge in [-0.05, 0) is 68.2 Å². The predicted octanol–water partition coefficient (Wildman–Crippen LogP) is 3.27. The van der Waals surface area contributed by atoms with Gasteiger partial charge < -0.3 is 45.7 Å². The lowest BCUT2D eigenvalue weighted by molar-refractivity contribution is -0.121. The van der Waals surface area contributed by atoms with Gasteiger partial charge in [0.2, 0.25) is 6.29 Å². The molecule has 0 saturated heterocycles. The lowest BCUT2D eigenvalue weighted by Crippen LogP contribution is -2.47. The van der Waals surface area contributed by atoms with Crippen LogP contribution in [0.25, 0.3) is 0 Å². The Morgan fingerprint density at radius 1 is 1.09 bits per heavy atom. The molecule has 14 heteroatoms. The molecule has 6 rings (SSSR count). The number of ketones is 1. The molecule has 0 fully saturated rings. The molecule has 0 amide bonds. The number of aliphatic hydroxyl groups excluding tert-OH is 3. The second-order valence-corrected chi connectivity index (χ2v) is 17.4. The Morgan fingerprint density at radius 3 is 2.70 bits per heavy atom. The molecule has 2 aliphatic carbocycles. The number of carbonyl (C=O) groups is 1. The van der Waals surface area contributed by atoms with Gasteiger partial charge in [0.1, 0.15) is 12.5 Å². The number of carbonyl (C=O) groups excluding carboxylic acids is 1. The van der Waals surface area contributed by atoms with Crippen molar-refractivity contribution < 1.29 is 39.4 Å². The van der Waals surface area contributed by atoms with E-state index in [1.54, 1.807) is 23.9 Å². The van der Waals surface area contributed by atoms with E-state index in [9.17, 15) is 25.2 Å². The molecule has 2 aromatic carbocycles. The number of aliphatic hydroxyl groups is 3. The molecule has 7 atom stereocenters. The minimum atomic E-state index is -1.14. The summed E-state index contributed by atoms with van der Waals surface area (Å²) in [5, 5.41) is 50.4. The average Bonchev–Trinajstić information content (AvgIpc) is 3.12. The second-order valence-electron chi connectivity index (χ2n) is 14.7. The molecule has 12 nitrogen and oxygen atoms in total. The third kappa shape index (κ3) is 9.15. The van der Waals surface area contributed by atoms with E-state index in [1.165, 1.54) is 6.07 Å². The number of nitrogens with zero attached hydrogens (tertiary/aromatic N) is 1. The van der Waals surface area contributed by atoms with Crippen molar-refractivity contribution in [2.24, 2.45) is 34.4 Å². The van der Waals surface area contributed by atoms with Crippen LogP contribution >= 0.6 is 21.6 Å². The van der Waals surface area contributed by atoms with Crippen LogP contribution in [0, 0.1) is 35.5 Å². The molecule has 0 spiro atoms. The first-order valence-electron chi connectivity index (χ1n) is 18.5. The predicted molar refractivity (Wildman–Crippen MR) is 207 cm³/mol. The molecular formula is C39H52N4O8S2. The van der Waals surface area contributed by atoms with E-state index in [0.717, 1.165) is 28.9 Å². The summed E-state index contributed by atoms with van der Waals surface area (Å²) in [6, 6.07) is 5.39. The summed E-state index contributed by atoms with van der Waals surface area (Å²) >= 11 is 0. The van der Waals surface area contributed by atoms with Gasteiger partial charge in [-0.1, -0.05) is 59.4 Å². The van der Waals surface area contributed by atoms with Crippen molar-refractivity contribution in [2.45, 2.75) is 88.9 Å². The molecule has 288 valence electrons. The third-order valence-electron chi connectivity index (χ3n) is 10.9. The maximum Gasteiger partial charge on any atom is 0.201 e. The first-order valence-corrected chi connectivity index (χ1v) is 20.9. The SMILES string of the molecule is CNCOc1c2cc3c4c1OC(O)C(C4)C1CN=C(N)NC(C(C)C)CSSC1CCC(C3)C(O)CC(=O)CCc1ccc(O)c(OCO)c1C#CC2. The summed E-state index contributed by atoms with van der Waals surface area (Å²) in [7, 11) is 5.39. The fourth-order valence-corrected chi connectivity index (χ4v) is 11.3. The molecule has 0 saturated carbocycles. The number of rotatable bonds is 6. The zero-order valence-corrected chi connectivity index (χ0v) is 32.2. The van der Waals surface area contributed by atoms with Gasteiger partial charge in [-0.15, -0.1) is 0 Å². The first-order chi connectivity index (χ1) is 25.6. The Bertz CT molecular complexity index is 1730. The number of benzene rings is 2. The van der Waals surface area contributed by atoms with Gasteiger partial charge in [0.15, 0.2) is 35.8 Å². The van der Waals surface area contributed by atoms with E-state index < -0.39 is 19.2 Å². The van der Waals surface area contributed by atoms with Crippen LogP contribution < -0.4 is 30.6 Å². The van der Waals surface area contributed by atoms with Crippen molar-refractivity contribution in [1.82, 2.24) is 10.6 Å². The van der Waals surface area contributed by atoms with Gasteiger partial charge in [-0.3, -0.25) is 15.1 Å². The van der Waals surface area contributed by atoms with Crippen LogP contribution in [-0.2, 0) is 30.5 Å². The number of nitrogens with one attached hydrogen (secondary N) is 2. The number of fused-ring (bicyclic) bond motifs is 6. The van der Waals surface area contributed by atoms with Gasteiger partial charge in [-0.25, -0.2) is 0 Å². The highest BCUT2D eigenvalue weighted by atomic mass is 33.1. The van der Waals surface area contributed by atoms with E-state index >= 15 is 0 Å². The standard InChI is InChI=1S/C39H52N4O8S2/c1-21(2)31-18-52-53-34-12-9-23-13-25-14-24(5-4-6-27-22(7-10-26(45)15-33(23)47)8-11-32(46)36(27)50-20-44)35(49-19-41-3)37-28(25)16-29(38(48)51-37)30(34)17-42-39(40)43-31/h8,11,14,21,23,29-31,33-34,38,41,44,46-48H,5,7,9-10,12-13,15-20H2,1-3H3,(H3,40,42,43). The van der Waals surface area contributed by atoms with Crippen LogP contribution in [0.2, 0.25) is 0 Å². The summed E-state index contributed by atoms with van der Waals surface area (Å²) < 4.78 is 18.2. The van der Waals surface area contributed by atoms with Crippen molar-refractivity contribution in [2.75, 3.05) is 32.9 Å². The van der Waals surface area contributed by atoms with Crippen molar-refractivity contribution in [3.63, 3.8) is 0 Å². The number of guanidine groups is 1. The van der Waals surface area contributed by atoms with E-state index in [1.807, 2.05) is 10.8 Å². The van der Waals surface area contributed by atoms with Gasteiger partial charge in [0, 0.05) is 65.8 Å². The maximum absolute atomic E-state index is 13.5. The Kier molecular flexibility index (Phi) is 13.3. The topological polar surface area (TPSA) is 188 Å². The molecule has 4 aliphatic rings. The summed E-state index contributed by atoms with van der Waals surface area (Å²) in [5.74, 6) is 8.04. The molecular weight excluding hydrogens is 717 g/mol. The fourth-order valence-electron chi connectivity index (χ4n) is 7.83. The molecule has 5 bridgehead atoms. The lowest BCUT2D eigenvalue weighted by Gasteiger charge is -2.41. The molecule has 2 aromatic rings. The van der Waals surface area contributed by atoms with Gasteiger partial charge in [-0.2, -0.15) is 0 Å². The molecule has 7 unspecified atom stereocenters. The zero-order valence-electron chi connectivity index (χ0n) is 30.6. The van der Waals surface area contributed by atoms with Crippen molar-refractivity contribution >= 4 is 33.3 Å². The minimum Gasteiger partial charge on any atom is -0.504 e. The lowest BCUT2D eigenvalue weighted by atomic mass is 9.75. The normalized spacial score (nSPS) is 27.7. The largest absolute Gasteiger partial charge is 0.504 e. The Balaban J connectivity index is 1.48. The Hall–Kier alpha value is -3.32. The zero-order chi connectivity index (χ0) is 37.6. The Labute approximate surface area is 319 Å². The molecule has 2 aliphatic heterocycles. The highest BCUT2D eigenvalue weighted by molar-refractivity contribution is 8.77. The van der Waals surface area contributed by atoms with Crippen molar-refractivity contribution in [1.29, 1.82) is 0 Å². The summed E-state index contributed by atoms with van der Waals surface area (Å²) in [6.45, 7) is 4.24. The van der Waals surface area contributed by atoms with Gasteiger partial charge in [0.25, 0.3) is 0 Å². The molecule has 53 heavy (non-hydrogen) atoms. The van der Waals surface area contributed by atoms with Gasteiger partial charge >= 0.3 is 0 Å². The van der Waals surface area contributed by atoms with E-state index in [4.69, 9.17) is 24.9 Å². The summed E-state index contributed by atoms with van der Waals surface area (Å²) in [6.07, 6.45) is 1.13.